The molecule has 0 saturated carbocycles. The van der Waals surface area contributed by atoms with Crippen LogP contribution in [0.2, 0.25) is 0 Å². The van der Waals surface area contributed by atoms with Gasteiger partial charge in [-0.1, -0.05) is 19.9 Å². The summed E-state index contributed by atoms with van der Waals surface area (Å²) in [5.74, 6) is 0.574. The molecule has 0 fully saturated rings. The first-order chi connectivity index (χ1) is 7.49. The second kappa shape index (κ2) is 5.54. The van der Waals surface area contributed by atoms with Gasteiger partial charge in [-0.3, -0.25) is 4.79 Å². The third kappa shape index (κ3) is 3.93. The second-order valence-corrected chi connectivity index (χ2v) is 4.57. The molecule has 88 valence electrons. The number of carbonyl (C=O) groups excluding carboxylic acids is 1. The van der Waals surface area contributed by atoms with E-state index in [1.807, 2.05) is 25.1 Å². The van der Waals surface area contributed by atoms with Crippen molar-refractivity contribution in [3.63, 3.8) is 0 Å². The van der Waals surface area contributed by atoms with Crippen molar-refractivity contribution in [2.45, 2.75) is 33.6 Å². The predicted molar refractivity (Wildman–Crippen MR) is 68.3 cm³/mol. The van der Waals surface area contributed by atoms with Gasteiger partial charge in [0.05, 0.1) is 11.4 Å². The Morgan fingerprint density at radius 2 is 2.12 bits per heavy atom. The number of anilines is 2. The number of benzene rings is 1. The first-order valence-electron chi connectivity index (χ1n) is 5.65. The minimum atomic E-state index is 0.0317. The van der Waals surface area contributed by atoms with Crippen LogP contribution in [-0.4, -0.2) is 5.91 Å². The van der Waals surface area contributed by atoms with Crippen LogP contribution in [0.25, 0.3) is 0 Å². The van der Waals surface area contributed by atoms with E-state index < -0.39 is 0 Å². The molecule has 0 spiro atoms. The summed E-state index contributed by atoms with van der Waals surface area (Å²) < 4.78 is 0. The molecule has 0 aliphatic rings. The van der Waals surface area contributed by atoms with E-state index in [1.165, 1.54) is 0 Å². The number of hydrogen-bond acceptors (Lipinski definition) is 2. The van der Waals surface area contributed by atoms with Crippen molar-refractivity contribution in [1.29, 1.82) is 0 Å². The molecule has 3 N–H and O–H groups in total. The monoisotopic (exact) mass is 220 g/mol. The molecule has 0 bridgehead atoms. The van der Waals surface area contributed by atoms with E-state index in [0.717, 1.165) is 12.0 Å². The van der Waals surface area contributed by atoms with Crippen LogP contribution >= 0.6 is 0 Å². The van der Waals surface area contributed by atoms with E-state index >= 15 is 0 Å². The van der Waals surface area contributed by atoms with E-state index in [1.54, 1.807) is 0 Å². The zero-order valence-electron chi connectivity index (χ0n) is 10.2. The number of nitrogens with one attached hydrogen (secondary N) is 1. The Morgan fingerprint density at radius 3 is 2.69 bits per heavy atom. The molecule has 1 aromatic carbocycles. The molecule has 16 heavy (non-hydrogen) atoms. The molecule has 0 atom stereocenters. The topological polar surface area (TPSA) is 55.1 Å². The summed E-state index contributed by atoms with van der Waals surface area (Å²) in [6.07, 6.45) is 1.45. The van der Waals surface area contributed by atoms with Crippen molar-refractivity contribution < 1.29 is 4.79 Å². The summed E-state index contributed by atoms with van der Waals surface area (Å²) in [5.41, 5.74) is 8.24. The van der Waals surface area contributed by atoms with Crippen molar-refractivity contribution >= 4 is 17.3 Å². The van der Waals surface area contributed by atoms with Gasteiger partial charge in [-0.05, 0) is 37.0 Å². The lowest BCUT2D eigenvalue weighted by Crippen LogP contribution is -2.13. The van der Waals surface area contributed by atoms with Crippen LogP contribution in [0.5, 0.6) is 0 Å². The van der Waals surface area contributed by atoms with Gasteiger partial charge in [0, 0.05) is 6.42 Å². The Balaban J connectivity index is 2.56. The van der Waals surface area contributed by atoms with Gasteiger partial charge < -0.3 is 11.1 Å². The Labute approximate surface area is 97.0 Å². The van der Waals surface area contributed by atoms with E-state index in [-0.39, 0.29) is 5.91 Å². The third-order valence-electron chi connectivity index (χ3n) is 2.43. The highest BCUT2D eigenvalue weighted by molar-refractivity contribution is 5.93. The highest BCUT2D eigenvalue weighted by Crippen LogP contribution is 2.19. The van der Waals surface area contributed by atoms with Crippen LogP contribution in [0.4, 0.5) is 11.4 Å². The van der Waals surface area contributed by atoms with Gasteiger partial charge in [-0.25, -0.2) is 0 Å². The maximum atomic E-state index is 11.6. The molecule has 1 aromatic rings. The maximum absolute atomic E-state index is 11.6. The van der Waals surface area contributed by atoms with Crippen LogP contribution in [0, 0.1) is 12.8 Å². The van der Waals surface area contributed by atoms with Gasteiger partial charge >= 0.3 is 0 Å². The van der Waals surface area contributed by atoms with Gasteiger partial charge in [-0.2, -0.15) is 0 Å². The molecular weight excluding hydrogens is 200 g/mol. The molecule has 0 heterocycles. The van der Waals surface area contributed by atoms with Crippen LogP contribution in [0.1, 0.15) is 32.3 Å². The lowest BCUT2D eigenvalue weighted by Gasteiger charge is -2.09. The Bertz CT molecular complexity index is 372. The molecule has 1 rings (SSSR count). The van der Waals surface area contributed by atoms with Crippen LogP contribution < -0.4 is 11.1 Å². The minimum absolute atomic E-state index is 0.0317. The van der Waals surface area contributed by atoms with Crippen molar-refractivity contribution in [2.24, 2.45) is 5.92 Å². The number of amides is 1. The van der Waals surface area contributed by atoms with Crippen molar-refractivity contribution in [1.82, 2.24) is 0 Å². The number of carbonyl (C=O) groups is 1. The summed E-state index contributed by atoms with van der Waals surface area (Å²) in [5, 5.41) is 2.83. The van der Waals surface area contributed by atoms with E-state index in [2.05, 4.69) is 19.2 Å². The lowest BCUT2D eigenvalue weighted by atomic mass is 10.1. The predicted octanol–water partition coefficient (Wildman–Crippen LogP) is 2.95. The van der Waals surface area contributed by atoms with Crippen LogP contribution in [-0.2, 0) is 4.79 Å². The Hall–Kier alpha value is -1.51. The maximum Gasteiger partial charge on any atom is 0.224 e. The van der Waals surface area contributed by atoms with E-state index in [4.69, 9.17) is 5.73 Å². The fourth-order valence-electron chi connectivity index (χ4n) is 1.43. The van der Waals surface area contributed by atoms with Gasteiger partial charge in [0.15, 0.2) is 0 Å². The normalized spacial score (nSPS) is 10.5. The smallest absolute Gasteiger partial charge is 0.224 e. The fraction of sp³-hybridized carbons (Fsp3) is 0.462. The number of hydrogen-bond donors (Lipinski definition) is 2. The molecule has 0 unspecified atom stereocenters. The highest BCUT2D eigenvalue weighted by Gasteiger charge is 2.06. The number of aryl methyl sites for hydroxylation is 1. The summed E-state index contributed by atoms with van der Waals surface area (Å²) in [6, 6.07) is 5.64. The minimum Gasteiger partial charge on any atom is -0.397 e. The summed E-state index contributed by atoms with van der Waals surface area (Å²) in [4.78, 5) is 11.6. The molecule has 0 saturated heterocycles. The number of rotatable bonds is 4. The Kier molecular flexibility index (Phi) is 4.35. The lowest BCUT2D eigenvalue weighted by molar-refractivity contribution is -0.116. The molecule has 0 aliphatic carbocycles. The summed E-state index contributed by atoms with van der Waals surface area (Å²) in [6.45, 7) is 6.18. The molecule has 0 radical (unpaired) electrons. The molecule has 3 nitrogen and oxygen atoms in total. The molecule has 3 heteroatoms. The number of nitrogen functional groups attached to an aromatic ring is 1. The molecule has 0 aliphatic heterocycles. The van der Waals surface area contributed by atoms with Crippen molar-refractivity contribution in [2.75, 3.05) is 11.1 Å². The van der Waals surface area contributed by atoms with E-state index in [9.17, 15) is 4.79 Å². The zero-order chi connectivity index (χ0) is 12.1. The average Bonchev–Trinajstić information content (AvgIpc) is 2.19. The zero-order valence-corrected chi connectivity index (χ0v) is 10.2. The van der Waals surface area contributed by atoms with Crippen LogP contribution in [0.3, 0.4) is 0 Å². The average molecular weight is 220 g/mol. The van der Waals surface area contributed by atoms with Crippen molar-refractivity contribution in [3.8, 4) is 0 Å². The second-order valence-electron chi connectivity index (χ2n) is 4.57. The highest BCUT2D eigenvalue weighted by atomic mass is 16.1. The molecular formula is C13H20N2O. The van der Waals surface area contributed by atoms with Crippen LogP contribution in [0.15, 0.2) is 18.2 Å². The molecule has 0 aromatic heterocycles. The third-order valence-corrected chi connectivity index (χ3v) is 2.43. The fourth-order valence-corrected chi connectivity index (χ4v) is 1.43. The SMILES string of the molecule is Cc1ccc(NC(=O)CCC(C)C)c(N)c1. The van der Waals surface area contributed by atoms with Gasteiger partial charge in [-0.15, -0.1) is 0 Å². The molecule has 1 amide bonds. The number of nitrogens with two attached hydrogens (primary N) is 1. The quantitative estimate of drug-likeness (QED) is 0.766. The standard InChI is InChI=1S/C13H20N2O/c1-9(2)4-7-13(16)15-12-6-5-10(3)8-11(12)14/h5-6,8-9H,4,7,14H2,1-3H3,(H,15,16). The summed E-state index contributed by atoms with van der Waals surface area (Å²) in [7, 11) is 0. The first kappa shape index (κ1) is 12.6. The van der Waals surface area contributed by atoms with Crippen molar-refractivity contribution in [3.05, 3.63) is 23.8 Å². The largest absolute Gasteiger partial charge is 0.397 e. The van der Waals surface area contributed by atoms with Gasteiger partial charge in [0.2, 0.25) is 5.91 Å². The van der Waals surface area contributed by atoms with Gasteiger partial charge in [0.1, 0.15) is 0 Å². The van der Waals surface area contributed by atoms with Gasteiger partial charge in [0.25, 0.3) is 0 Å². The first-order valence-corrected chi connectivity index (χ1v) is 5.65. The Morgan fingerprint density at radius 1 is 1.44 bits per heavy atom. The summed E-state index contributed by atoms with van der Waals surface area (Å²) >= 11 is 0. The van der Waals surface area contributed by atoms with E-state index in [0.29, 0.717) is 23.7 Å².